The minimum atomic E-state index is -0.656. The van der Waals surface area contributed by atoms with Gasteiger partial charge >= 0.3 is 5.97 Å². The predicted octanol–water partition coefficient (Wildman–Crippen LogP) is 1.60. The zero-order valence-electron chi connectivity index (χ0n) is 11.6. The van der Waals surface area contributed by atoms with E-state index in [1.807, 2.05) is 0 Å². The molecule has 1 heterocycles. The van der Waals surface area contributed by atoms with Crippen LogP contribution in [0, 0.1) is 5.92 Å². The van der Waals surface area contributed by atoms with Crippen LogP contribution in [0.15, 0.2) is 0 Å². The van der Waals surface area contributed by atoms with Crippen molar-refractivity contribution in [1.82, 2.24) is 5.32 Å². The average molecular weight is 269 g/mol. The lowest BCUT2D eigenvalue weighted by molar-refractivity contribution is -0.151. The van der Waals surface area contributed by atoms with Crippen LogP contribution >= 0.6 is 0 Å². The molecule has 1 aliphatic rings. The maximum atomic E-state index is 12.0. The van der Waals surface area contributed by atoms with Gasteiger partial charge in [-0.05, 0) is 19.8 Å². The van der Waals surface area contributed by atoms with Gasteiger partial charge in [-0.2, -0.15) is 0 Å². The van der Waals surface area contributed by atoms with Crippen molar-refractivity contribution in [1.29, 1.82) is 0 Å². The van der Waals surface area contributed by atoms with E-state index in [1.165, 1.54) is 0 Å². The highest BCUT2D eigenvalue weighted by molar-refractivity contribution is 5.99. The molecule has 5 heteroatoms. The van der Waals surface area contributed by atoms with Crippen LogP contribution in [0.4, 0.5) is 0 Å². The second-order valence-electron chi connectivity index (χ2n) is 4.82. The molecule has 19 heavy (non-hydrogen) atoms. The maximum absolute atomic E-state index is 12.0. The summed E-state index contributed by atoms with van der Waals surface area (Å²) in [6.07, 6.45) is 4.88. The van der Waals surface area contributed by atoms with Crippen molar-refractivity contribution in [3.63, 3.8) is 0 Å². The fraction of sp³-hybridized carbons (Fsp3) is 0.786. The van der Waals surface area contributed by atoms with Gasteiger partial charge in [-0.3, -0.25) is 14.4 Å². The molecule has 1 fully saturated rings. The summed E-state index contributed by atoms with van der Waals surface area (Å²) >= 11 is 0. The smallest absolute Gasteiger partial charge is 0.316 e. The number of carbonyl (C=O) groups is 3. The molecule has 0 aromatic carbocycles. The molecular formula is C14H23NO4. The molecule has 5 nitrogen and oxygen atoms in total. The first-order valence-electron chi connectivity index (χ1n) is 7.11. The Morgan fingerprint density at radius 1 is 1.21 bits per heavy atom. The van der Waals surface area contributed by atoms with Gasteiger partial charge in [-0.25, -0.2) is 0 Å². The van der Waals surface area contributed by atoms with E-state index in [4.69, 9.17) is 4.74 Å². The summed E-state index contributed by atoms with van der Waals surface area (Å²) in [7, 11) is 0. The quantitative estimate of drug-likeness (QED) is 0.610. The third kappa shape index (κ3) is 5.85. The Morgan fingerprint density at radius 3 is 2.68 bits per heavy atom. The van der Waals surface area contributed by atoms with Crippen molar-refractivity contribution in [2.24, 2.45) is 5.92 Å². The second-order valence-corrected chi connectivity index (χ2v) is 4.82. The van der Waals surface area contributed by atoms with E-state index in [-0.39, 0.29) is 18.1 Å². The van der Waals surface area contributed by atoms with Crippen molar-refractivity contribution >= 4 is 17.7 Å². The van der Waals surface area contributed by atoms with Gasteiger partial charge < -0.3 is 10.1 Å². The molecule has 0 aromatic heterocycles. The van der Waals surface area contributed by atoms with Crippen LogP contribution in [0.2, 0.25) is 0 Å². The molecule has 108 valence electrons. The number of hydrogen-bond acceptors (Lipinski definition) is 4. The molecule has 1 atom stereocenters. The van der Waals surface area contributed by atoms with Crippen LogP contribution in [-0.2, 0) is 19.1 Å². The lowest BCUT2D eigenvalue weighted by Gasteiger charge is -2.15. The Labute approximate surface area is 114 Å². The summed E-state index contributed by atoms with van der Waals surface area (Å²) < 4.78 is 4.95. The van der Waals surface area contributed by atoms with Crippen molar-refractivity contribution in [3.05, 3.63) is 0 Å². The van der Waals surface area contributed by atoms with Gasteiger partial charge in [0.25, 0.3) is 0 Å². The number of ketones is 1. The topological polar surface area (TPSA) is 72.5 Å². The Morgan fingerprint density at radius 2 is 1.95 bits per heavy atom. The van der Waals surface area contributed by atoms with Gasteiger partial charge in [0.15, 0.2) is 0 Å². The summed E-state index contributed by atoms with van der Waals surface area (Å²) in [6, 6.07) is 0. The molecule has 1 unspecified atom stereocenters. The monoisotopic (exact) mass is 269 g/mol. The minimum Gasteiger partial charge on any atom is -0.465 e. The number of rotatable bonds is 2. The molecule has 1 saturated heterocycles. The first kappa shape index (κ1) is 15.7. The molecule has 0 spiro atoms. The number of Topliss-reactive ketones (excluding diaryl/α,β-unsaturated/α-hetero) is 1. The fourth-order valence-electron chi connectivity index (χ4n) is 2.23. The van der Waals surface area contributed by atoms with Gasteiger partial charge in [0.2, 0.25) is 5.91 Å². The SMILES string of the molecule is CCOC(=O)C1CCCCCCC(=O)NCCC1=O. The van der Waals surface area contributed by atoms with E-state index in [2.05, 4.69) is 5.32 Å². The Balaban J connectivity index is 2.59. The average Bonchev–Trinajstić information content (AvgIpc) is 2.36. The third-order valence-electron chi connectivity index (χ3n) is 3.30. The standard InChI is InChI=1S/C14H23NO4/c1-2-19-14(18)11-7-5-3-4-6-8-13(17)15-10-9-12(11)16/h11H,2-10H2,1H3,(H,15,17). The number of amides is 1. The summed E-state index contributed by atoms with van der Waals surface area (Å²) in [5, 5.41) is 2.71. The number of hydrogen-bond donors (Lipinski definition) is 1. The maximum Gasteiger partial charge on any atom is 0.316 e. The van der Waals surface area contributed by atoms with Crippen LogP contribution < -0.4 is 5.32 Å². The largest absolute Gasteiger partial charge is 0.465 e. The molecule has 0 aliphatic carbocycles. The summed E-state index contributed by atoms with van der Waals surface area (Å²) in [4.78, 5) is 35.2. The van der Waals surface area contributed by atoms with Crippen molar-refractivity contribution in [2.75, 3.05) is 13.2 Å². The number of ether oxygens (including phenoxy) is 1. The van der Waals surface area contributed by atoms with Crippen LogP contribution in [0.3, 0.4) is 0 Å². The first-order valence-corrected chi connectivity index (χ1v) is 7.11. The van der Waals surface area contributed by atoms with E-state index >= 15 is 0 Å². The van der Waals surface area contributed by atoms with Crippen molar-refractivity contribution in [3.8, 4) is 0 Å². The van der Waals surface area contributed by atoms with Gasteiger partial charge in [0.1, 0.15) is 11.7 Å². The van der Waals surface area contributed by atoms with Crippen molar-refractivity contribution < 1.29 is 19.1 Å². The van der Waals surface area contributed by atoms with E-state index < -0.39 is 11.9 Å². The van der Waals surface area contributed by atoms with E-state index in [0.717, 1.165) is 25.7 Å². The minimum absolute atomic E-state index is 0.0129. The molecule has 0 radical (unpaired) electrons. The highest BCUT2D eigenvalue weighted by Crippen LogP contribution is 2.16. The Kier molecular flexibility index (Phi) is 7.15. The number of carbonyl (C=O) groups excluding carboxylic acids is 3. The molecule has 0 aromatic rings. The molecule has 1 N–H and O–H groups in total. The van der Waals surface area contributed by atoms with E-state index in [0.29, 0.717) is 26.0 Å². The Hall–Kier alpha value is -1.39. The zero-order chi connectivity index (χ0) is 14.1. The highest BCUT2D eigenvalue weighted by Gasteiger charge is 2.27. The second kappa shape index (κ2) is 8.67. The van der Waals surface area contributed by atoms with Gasteiger partial charge in [-0.15, -0.1) is 0 Å². The lowest BCUT2D eigenvalue weighted by atomic mass is 9.94. The molecule has 0 bridgehead atoms. The summed E-state index contributed by atoms with van der Waals surface area (Å²) in [5.74, 6) is -1.22. The number of nitrogens with one attached hydrogen (secondary N) is 1. The fourth-order valence-corrected chi connectivity index (χ4v) is 2.23. The summed E-state index contributed by atoms with van der Waals surface area (Å²) in [6.45, 7) is 2.34. The highest BCUT2D eigenvalue weighted by atomic mass is 16.5. The number of esters is 1. The van der Waals surface area contributed by atoms with E-state index in [1.54, 1.807) is 6.92 Å². The van der Waals surface area contributed by atoms with Crippen LogP contribution in [0.25, 0.3) is 0 Å². The molecule has 1 aliphatic heterocycles. The Bertz CT molecular complexity index is 327. The van der Waals surface area contributed by atoms with Crippen molar-refractivity contribution in [2.45, 2.75) is 51.9 Å². The molecular weight excluding hydrogens is 246 g/mol. The zero-order valence-corrected chi connectivity index (χ0v) is 11.6. The molecule has 1 rings (SSSR count). The van der Waals surface area contributed by atoms with Gasteiger partial charge in [0.05, 0.1) is 6.61 Å². The van der Waals surface area contributed by atoms with Gasteiger partial charge in [0, 0.05) is 19.4 Å². The van der Waals surface area contributed by atoms with Crippen LogP contribution in [0.5, 0.6) is 0 Å². The molecule has 1 amide bonds. The van der Waals surface area contributed by atoms with Crippen LogP contribution in [-0.4, -0.2) is 30.8 Å². The van der Waals surface area contributed by atoms with Crippen LogP contribution in [0.1, 0.15) is 51.9 Å². The normalized spacial score (nSPS) is 22.9. The van der Waals surface area contributed by atoms with E-state index in [9.17, 15) is 14.4 Å². The third-order valence-corrected chi connectivity index (χ3v) is 3.30. The lowest BCUT2D eigenvalue weighted by Crippen LogP contribution is -2.31. The first-order chi connectivity index (χ1) is 9.15. The molecule has 0 saturated carbocycles. The predicted molar refractivity (Wildman–Crippen MR) is 70.5 cm³/mol. The summed E-state index contributed by atoms with van der Waals surface area (Å²) in [5.41, 5.74) is 0. The van der Waals surface area contributed by atoms with Gasteiger partial charge in [-0.1, -0.05) is 19.3 Å².